The van der Waals surface area contributed by atoms with Gasteiger partial charge >= 0.3 is 0 Å². The number of rotatable bonds is 1. The van der Waals surface area contributed by atoms with Crippen molar-refractivity contribution in [1.29, 1.82) is 0 Å². The number of nitrogens with zero attached hydrogens (tertiary/aromatic N) is 2. The molecule has 2 heterocycles. The van der Waals surface area contributed by atoms with Gasteiger partial charge in [-0.15, -0.1) is 0 Å². The van der Waals surface area contributed by atoms with Crippen LogP contribution in [0.5, 0.6) is 0 Å². The Bertz CT molecular complexity index is 489. The van der Waals surface area contributed by atoms with Gasteiger partial charge < -0.3 is 10.7 Å². The maximum atomic E-state index is 5.33. The van der Waals surface area contributed by atoms with Crippen molar-refractivity contribution in [2.45, 2.75) is 6.42 Å². The zero-order valence-electron chi connectivity index (χ0n) is 7.62. The molecule has 0 spiro atoms. The van der Waals surface area contributed by atoms with Crippen LogP contribution in [0.25, 0.3) is 11.2 Å². The number of hydrogen-bond donors (Lipinski definition) is 2. The quantitative estimate of drug-likeness (QED) is 0.643. The Hall–Kier alpha value is -1.86. The highest BCUT2D eigenvalue weighted by atomic mass is 14.9. The summed E-state index contributed by atoms with van der Waals surface area (Å²) < 4.78 is 0. The highest BCUT2D eigenvalue weighted by molar-refractivity contribution is 5.71. The average Bonchev–Trinajstić information content (AvgIpc) is 2.65. The largest absolute Gasteiger partial charge is 0.343 e. The highest BCUT2D eigenvalue weighted by Gasteiger charge is 1.96. The van der Waals surface area contributed by atoms with Gasteiger partial charge in [0.05, 0.1) is 11.8 Å². The molecular formula is C10H10N4. The lowest BCUT2D eigenvalue weighted by molar-refractivity contribution is 1.03. The van der Waals surface area contributed by atoms with Crippen LogP contribution >= 0.6 is 0 Å². The molecule has 0 aromatic carbocycles. The van der Waals surface area contributed by atoms with Gasteiger partial charge in [0.15, 0.2) is 5.65 Å². The third kappa shape index (κ3) is 1.73. The molecule has 0 saturated carbocycles. The fourth-order valence-electron chi connectivity index (χ4n) is 1.13. The Kier molecular flexibility index (Phi) is 2.43. The summed E-state index contributed by atoms with van der Waals surface area (Å²) in [6.45, 7) is 0.590. The van der Waals surface area contributed by atoms with Gasteiger partial charge in [-0.25, -0.2) is 9.97 Å². The van der Waals surface area contributed by atoms with Crippen LogP contribution in [0.1, 0.15) is 12.0 Å². The Morgan fingerprint density at radius 3 is 3.21 bits per heavy atom. The molecule has 4 heteroatoms. The zero-order valence-corrected chi connectivity index (χ0v) is 7.62. The van der Waals surface area contributed by atoms with E-state index in [2.05, 4.69) is 26.8 Å². The summed E-state index contributed by atoms with van der Waals surface area (Å²) in [7, 11) is 0. The first-order valence-electron chi connectivity index (χ1n) is 4.38. The summed E-state index contributed by atoms with van der Waals surface area (Å²) in [5.74, 6) is 5.95. The first-order valence-corrected chi connectivity index (χ1v) is 4.38. The Labute approximate surface area is 81.6 Å². The molecule has 2 aromatic heterocycles. The third-order valence-electron chi connectivity index (χ3n) is 1.78. The van der Waals surface area contributed by atoms with Crippen LogP contribution in [0, 0.1) is 11.8 Å². The lowest BCUT2D eigenvalue weighted by atomic mass is 10.2. The van der Waals surface area contributed by atoms with Gasteiger partial charge in [-0.2, -0.15) is 0 Å². The number of hydrogen-bond acceptors (Lipinski definition) is 3. The van der Waals surface area contributed by atoms with Crippen molar-refractivity contribution in [2.24, 2.45) is 5.73 Å². The summed E-state index contributed by atoms with van der Waals surface area (Å²) in [6.07, 6.45) is 4.04. The molecule has 14 heavy (non-hydrogen) atoms. The van der Waals surface area contributed by atoms with Crippen molar-refractivity contribution in [1.82, 2.24) is 15.0 Å². The first-order chi connectivity index (χ1) is 6.90. The minimum Gasteiger partial charge on any atom is -0.343 e. The standard InChI is InChI=1S/C10H10N4/c11-4-2-1-3-8-5-9-10(12-6-8)14-7-13-9/h5-7H,2,4,11H2,(H,12,13,14). The van der Waals surface area contributed by atoms with Gasteiger partial charge in [0, 0.05) is 24.7 Å². The van der Waals surface area contributed by atoms with Crippen molar-refractivity contribution >= 4 is 11.2 Å². The predicted octanol–water partition coefficient (Wildman–Crippen LogP) is 0.658. The number of nitrogens with one attached hydrogen (secondary N) is 1. The molecule has 3 N–H and O–H groups in total. The van der Waals surface area contributed by atoms with Gasteiger partial charge in [-0.05, 0) is 6.07 Å². The van der Waals surface area contributed by atoms with Crippen LogP contribution in [-0.2, 0) is 0 Å². The Morgan fingerprint density at radius 1 is 1.43 bits per heavy atom. The Morgan fingerprint density at radius 2 is 2.36 bits per heavy atom. The SMILES string of the molecule is NCCC#Cc1cnc2nc[nH]c2c1. The minimum absolute atomic E-state index is 0.590. The first kappa shape index (κ1) is 8.73. The second kappa shape index (κ2) is 3.90. The second-order valence-corrected chi connectivity index (χ2v) is 2.84. The van der Waals surface area contributed by atoms with E-state index in [0.29, 0.717) is 13.0 Å². The fourth-order valence-corrected chi connectivity index (χ4v) is 1.13. The lowest BCUT2D eigenvalue weighted by Gasteiger charge is -1.89. The van der Waals surface area contributed by atoms with E-state index in [-0.39, 0.29) is 0 Å². The summed E-state index contributed by atoms with van der Waals surface area (Å²) in [4.78, 5) is 11.1. The maximum absolute atomic E-state index is 5.33. The van der Waals surface area contributed by atoms with E-state index in [0.717, 1.165) is 16.7 Å². The molecule has 0 aliphatic heterocycles. The zero-order chi connectivity index (χ0) is 9.80. The van der Waals surface area contributed by atoms with Gasteiger partial charge in [0.25, 0.3) is 0 Å². The molecule has 0 bridgehead atoms. The average molecular weight is 186 g/mol. The molecule has 0 fully saturated rings. The van der Waals surface area contributed by atoms with E-state index < -0.39 is 0 Å². The fraction of sp³-hybridized carbons (Fsp3) is 0.200. The van der Waals surface area contributed by atoms with Gasteiger partial charge in [0.2, 0.25) is 0 Å². The van der Waals surface area contributed by atoms with E-state index in [1.165, 1.54) is 0 Å². The normalized spacial score (nSPS) is 9.79. The molecule has 4 nitrogen and oxygen atoms in total. The number of pyridine rings is 1. The molecular weight excluding hydrogens is 176 g/mol. The summed E-state index contributed by atoms with van der Waals surface area (Å²) in [6, 6.07) is 1.93. The third-order valence-corrected chi connectivity index (χ3v) is 1.78. The van der Waals surface area contributed by atoms with Crippen molar-refractivity contribution < 1.29 is 0 Å². The van der Waals surface area contributed by atoms with E-state index in [1.54, 1.807) is 12.5 Å². The topological polar surface area (TPSA) is 67.6 Å². The molecule has 0 atom stereocenters. The van der Waals surface area contributed by atoms with Crippen LogP contribution in [0.2, 0.25) is 0 Å². The highest BCUT2D eigenvalue weighted by Crippen LogP contribution is 2.06. The van der Waals surface area contributed by atoms with E-state index >= 15 is 0 Å². The summed E-state index contributed by atoms with van der Waals surface area (Å²) in [5, 5.41) is 0. The van der Waals surface area contributed by atoms with E-state index in [1.807, 2.05) is 6.07 Å². The molecule has 70 valence electrons. The molecule has 0 unspecified atom stereocenters. The maximum Gasteiger partial charge on any atom is 0.177 e. The lowest BCUT2D eigenvalue weighted by Crippen LogP contribution is -1.95. The molecule has 0 aliphatic carbocycles. The van der Waals surface area contributed by atoms with E-state index in [9.17, 15) is 0 Å². The van der Waals surface area contributed by atoms with Crippen molar-refractivity contribution in [3.8, 4) is 11.8 Å². The number of H-pyrrole nitrogens is 1. The van der Waals surface area contributed by atoms with Crippen molar-refractivity contribution in [2.75, 3.05) is 6.54 Å². The van der Waals surface area contributed by atoms with Gasteiger partial charge in [0.1, 0.15) is 0 Å². The van der Waals surface area contributed by atoms with Crippen LogP contribution in [0.3, 0.4) is 0 Å². The van der Waals surface area contributed by atoms with Crippen LogP contribution in [0.15, 0.2) is 18.6 Å². The number of nitrogens with two attached hydrogens (primary N) is 1. The van der Waals surface area contributed by atoms with E-state index in [4.69, 9.17) is 5.73 Å². The number of aromatic amines is 1. The second-order valence-electron chi connectivity index (χ2n) is 2.84. The van der Waals surface area contributed by atoms with Gasteiger partial charge in [-0.3, -0.25) is 0 Å². The summed E-state index contributed by atoms with van der Waals surface area (Å²) >= 11 is 0. The number of imidazole rings is 1. The van der Waals surface area contributed by atoms with Crippen LogP contribution in [-0.4, -0.2) is 21.5 Å². The van der Waals surface area contributed by atoms with Crippen LogP contribution < -0.4 is 5.73 Å². The predicted molar refractivity (Wildman–Crippen MR) is 54.4 cm³/mol. The smallest absolute Gasteiger partial charge is 0.177 e. The number of fused-ring (bicyclic) bond motifs is 1. The summed E-state index contributed by atoms with van der Waals surface area (Å²) in [5.41, 5.74) is 7.84. The minimum atomic E-state index is 0.590. The molecule has 2 aromatic rings. The van der Waals surface area contributed by atoms with Crippen molar-refractivity contribution in [3.63, 3.8) is 0 Å². The monoisotopic (exact) mass is 186 g/mol. The van der Waals surface area contributed by atoms with Crippen LogP contribution in [0.4, 0.5) is 0 Å². The number of aromatic nitrogens is 3. The van der Waals surface area contributed by atoms with Crippen molar-refractivity contribution in [3.05, 3.63) is 24.2 Å². The molecule has 0 radical (unpaired) electrons. The molecule has 0 saturated heterocycles. The molecule has 0 amide bonds. The molecule has 2 rings (SSSR count). The Balaban J connectivity index is 2.31. The van der Waals surface area contributed by atoms with Gasteiger partial charge in [-0.1, -0.05) is 11.8 Å². The molecule has 0 aliphatic rings.